The van der Waals surface area contributed by atoms with E-state index in [1.165, 1.54) is 0 Å². The monoisotopic (exact) mass is 252 g/mol. The largest absolute Gasteiger partial charge is 0.466 e. The Morgan fingerprint density at radius 2 is 2.22 bits per heavy atom. The number of hydrogen-bond donors (Lipinski definition) is 1. The molecule has 4 nitrogen and oxygen atoms in total. The van der Waals surface area contributed by atoms with Gasteiger partial charge >= 0.3 is 0 Å². The van der Waals surface area contributed by atoms with Crippen LogP contribution in [0.25, 0.3) is 0 Å². The Hall–Kier alpha value is -1.29. The van der Waals surface area contributed by atoms with Gasteiger partial charge in [0.15, 0.2) is 0 Å². The van der Waals surface area contributed by atoms with Crippen LogP contribution in [0, 0.1) is 12.8 Å². The van der Waals surface area contributed by atoms with Crippen LogP contribution < -0.4 is 5.32 Å². The maximum absolute atomic E-state index is 12.1. The Balaban J connectivity index is 2.44. The standard InChI is InChI=1S/C14H24N2O2/c1-5-12(10-15-3)14(17)16(4)9-8-13-7-6-11(2)18-13/h6-7,12,15H,5,8-10H2,1-4H3. The van der Waals surface area contributed by atoms with E-state index in [0.717, 1.165) is 30.9 Å². The van der Waals surface area contributed by atoms with E-state index in [1.807, 2.05) is 40.1 Å². The van der Waals surface area contributed by atoms with E-state index in [9.17, 15) is 4.79 Å². The molecule has 0 saturated heterocycles. The summed E-state index contributed by atoms with van der Waals surface area (Å²) in [6, 6.07) is 3.92. The summed E-state index contributed by atoms with van der Waals surface area (Å²) in [7, 11) is 3.73. The molecule has 1 unspecified atom stereocenters. The van der Waals surface area contributed by atoms with E-state index in [-0.39, 0.29) is 11.8 Å². The van der Waals surface area contributed by atoms with Crippen LogP contribution in [-0.4, -0.2) is 38.0 Å². The number of nitrogens with zero attached hydrogens (tertiary/aromatic N) is 1. The molecule has 1 N–H and O–H groups in total. The van der Waals surface area contributed by atoms with Crippen LogP contribution in [0.1, 0.15) is 24.9 Å². The van der Waals surface area contributed by atoms with Gasteiger partial charge in [-0.15, -0.1) is 0 Å². The Kier molecular flexibility index (Phi) is 5.92. The fraction of sp³-hybridized carbons (Fsp3) is 0.643. The normalized spacial score (nSPS) is 12.4. The number of likely N-dealkylation sites (N-methyl/N-ethyl adjacent to an activating group) is 1. The van der Waals surface area contributed by atoms with Crippen LogP contribution in [0.3, 0.4) is 0 Å². The molecule has 0 aliphatic heterocycles. The van der Waals surface area contributed by atoms with Crippen molar-refractivity contribution < 1.29 is 9.21 Å². The molecule has 0 aliphatic carbocycles. The number of carbonyl (C=O) groups excluding carboxylic acids is 1. The van der Waals surface area contributed by atoms with Crippen LogP contribution in [0.4, 0.5) is 0 Å². The third kappa shape index (κ3) is 4.18. The first-order valence-corrected chi connectivity index (χ1v) is 6.53. The Morgan fingerprint density at radius 3 is 2.72 bits per heavy atom. The van der Waals surface area contributed by atoms with Crippen LogP contribution in [0.5, 0.6) is 0 Å². The number of aryl methyl sites for hydroxylation is 1. The molecule has 0 aromatic carbocycles. The molecule has 0 fully saturated rings. The van der Waals surface area contributed by atoms with Crippen LogP contribution >= 0.6 is 0 Å². The second-order valence-electron chi connectivity index (χ2n) is 4.69. The van der Waals surface area contributed by atoms with Gasteiger partial charge in [-0.25, -0.2) is 0 Å². The van der Waals surface area contributed by atoms with Crippen molar-refractivity contribution >= 4 is 5.91 Å². The summed E-state index contributed by atoms with van der Waals surface area (Å²) in [5.41, 5.74) is 0. The van der Waals surface area contributed by atoms with Crippen molar-refractivity contribution in [1.29, 1.82) is 0 Å². The average molecular weight is 252 g/mol. The molecule has 1 aromatic heterocycles. The van der Waals surface area contributed by atoms with Crippen LogP contribution in [-0.2, 0) is 11.2 Å². The van der Waals surface area contributed by atoms with E-state index in [2.05, 4.69) is 5.32 Å². The first-order chi connectivity index (χ1) is 8.58. The molecule has 1 amide bonds. The molecule has 4 heteroatoms. The number of rotatable bonds is 7. The van der Waals surface area contributed by atoms with E-state index < -0.39 is 0 Å². The molecule has 0 radical (unpaired) electrons. The Bertz CT molecular complexity index is 374. The third-order valence-corrected chi connectivity index (χ3v) is 3.16. The number of furan rings is 1. The van der Waals surface area contributed by atoms with Gasteiger partial charge in [0.05, 0.1) is 5.92 Å². The summed E-state index contributed by atoms with van der Waals surface area (Å²) in [5, 5.41) is 3.07. The number of carbonyl (C=O) groups is 1. The van der Waals surface area contributed by atoms with Gasteiger partial charge in [0.2, 0.25) is 5.91 Å². The van der Waals surface area contributed by atoms with Crippen molar-refractivity contribution in [2.24, 2.45) is 5.92 Å². The van der Waals surface area contributed by atoms with E-state index in [1.54, 1.807) is 4.90 Å². The van der Waals surface area contributed by atoms with E-state index in [0.29, 0.717) is 6.54 Å². The summed E-state index contributed by atoms with van der Waals surface area (Å²) < 4.78 is 5.50. The highest BCUT2D eigenvalue weighted by molar-refractivity contribution is 5.78. The highest BCUT2D eigenvalue weighted by Crippen LogP contribution is 2.09. The van der Waals surface area contributed by atoms with Gasteiger partial charge in [0.1, 0.15) is 11.5 Å². The van der Waals surface area contributed by atoms with Crippen molar-refractivity contribution in [3.05, 3.63) is 23.7 Å². The quantitative estimate of drug-likeness (QED) is 0.805. The van der Waals surface area contributed by atoms with Gasteiger partial charge < -0.3 is 14.6 Å². The Labute approximate surface area is 109 Å². The summed E-state index contributed by atoms with van der Waals surface area (Å²) in [4.78, 5) is 13.9. The van der Waals surface area contributed by atoms with E-state index in [4.69, 9.17) is 4.42 Å². The van der Waals surface area contributed by atoms with Crippen LogP contribution in [0.15, 0.2) is 16.5 Å². The van der Waals surface area contributed by atoms with E-state index >= 15 is 0 Å². The average Bonchev–Trinajstić information content (AvgIpc) is 2.78. The molecule has 1 heterocycles. The lowest BCUT2D eigenvalue weighted by Crippen LogP contribution is -2.38. The zero-order chi connectivity index (χ0) is 13.5. The minimum atomic E-state index is 0.0679. The second-order valence-corrected chi connectivity index (χ2v) is 4.69. The smallest absolute Gasteiger partial charge is 0.226 e. The zero-order valence-corrected chi connectivity index (χ0v) is 11.8. The lowest BCUT2D eigenvalue weighted by Gasteiger charge is -2.22. The van der Waals surface area contributed by atoms with Crippen LogP contribution in [0.2, 0.25) is 0 Å². The topological polar surface area (TPSA) is 45.5 Å². The van der Waals surface area contributed by atoms with Gasteiger partial charge in [-0.2, -0.15) is 0 Å². The third-order valence-electron chi connectivity index (χ3n) is 3.16. The van der Waals surface area contributed by atoms with Crippen molar-refractivity contribution in [1.82, 2.24) is 10.2 Å². The molecule has 18 heavy (non-hydrogen) atoms. The highest BCUT2D eigenvalue weighted by atomic mass is 16.3. The molecule has 102 valence electrons. The highest BCUT2D eigenvalue weighted by Gasteiger charge is 2.19. The van der Waals surface area contributed by atoms with Gasteiger partial charge in [-0.05, 0) is 32.5 Å². The van der Waals surface area contributed by atoms with Crippen molar-refractivity contribution in [2.45, 2.75) is 26.7 Å². The maximum Gasteiger partial charge on any atom is 0.226 e. The molecule has 0 bridgehead atoms. The lowest BCUT2D eigenvalue weighted by atomic mass is 10.1. The lowest BCUT2D eigenvalue weighted by molar-refractivity contribution is -0.134. The maximum atomic E-state index is 12.1. The second kappa shape index (κ2) is 7.21. The molecule has 1 aromatic rings. The Morgan fingerprint density at radius 1 is 1.50 bits per heavy atom. The predicted molar refractivity (Wildman–Crippen MR) is 72.5 cm³/mol. The molecular formula is C14H24N2O2. The summed E-state index contributed by atoms with van der Waals surface area (Å²) in [5.74, 6) is 2.13. The molecule has 1 atom stereocenters. The molecule has 1 rings (SSSR count). The summed E-state index contributed by atoms with van der Waals surface area (Å²) >= 11 is 0. The first-order valence-electron chi connectivity index (χ1n) is 6.53. The number of amides is 1. The predicted octanol–water partition coefficient (Wildman–Crippen LogP) is 1.83. The van der Waals surface area contributed by atoms with Gasteiger partial charge in [0, 0.05) is 26.6 Å². The fourth-order valence-corrected chi connectivity index (χ4v) is 1.97. The molecule has 0 saturated carbocycles. The number of hydrogen-bond acceptors (Lipinski definition) is 3. The zero-order valence-electron chi connectivity index (χ0n) is 11.8. The summed E-state index contributed by atoms with van der Waals surface area (Å²) in [6.07, 6.45) is 1.63. The van der Waals surface area contributed by atoms with Crippen molar-refractivity contribution in [3.8, 4) is 0 Å². The van der Waals surface area contributed by atoms with Gasteiger partial charge in [-0.1, -0.05) is 6.92 Å². The minimum Gasteiger partial charge on any atom is -0.466 e. The van der Waals surface area contributed by atoms with Gasteiger partial charge in [0.25, 0.3) is 0 Å². The summed E-state index contributed by atoms with van der Waals surface area (Å²) in [6.45, 7) is 5.41. The SMILES string of the molecule is CCC(CNC)C(=O)N(C)CCc1ccc(C)o1. The van der Waals surface area contributed by atoms with Crippen molar-refractivity contribution in [2.75, 3.05) is 27.2 Å². The minimum absolute atomic E-state index is 0.0679. The number of nitrogens with one attached hydrogen (secondary N) is 1. The molecule has 0 spiro atoms. The van der Waals surface area contributed by atoms with Gasteiger partial charge in [-0.3, -0.25) is 4.79 Å². The first kappa shape index (κ1) is 14.8. The van der Waals surface area contributed by atoms with Crippen molar-refractivity contribution in [3.63, 3.8) is 0 Å². The molecular weight excluding hydrogens is 228 g/mol. The fourth-order valence-electron chi connectivity index (χ4n) is 1.97. The molecule has 0 aliphatic rings.